The van der Waals surface area contributed by atoms with E-state index >= 15 is 14.4 Å². The third kappa shape index (κ3) is 7.62. The van der Waals surface area contributed by atoms with Crippen molar-refractivity contribution >= 4 is 29.5 Å². The molecule has 1 spiro atoms. The number of hydrogen-bond acceptors (Lipinski definition) is 11. The average Bonchev–Trinajstić information content (AvgIpc) is 4.03. The zero-order valence-corrected chi connectivity index (χ0v) is 35.9. The molecule has 4 amide bonds. The Morgan fingerprint density at radius 1 is 0.833 bits per heavy atom. The van der Waals surface area contributed by atoms with Gasteiger partial charge in [0.1, 0.15) is 29.9 Å². The highest BCUT2D eigenvalue weighted by atomic mass is 16.7. The van der Waals surface area contributed by atoms with Gasteiger partial charge >= 0.3 is 12.0 Å². The van der Waals surface area contributed by atoms with Gasteiger partial charge in [-0.2, -0.15) is 0 Å². The van der Waals surface area contributed by atoms with Crippen LogP contribution in [0.1, 0.15) is 51.6 Å². The third-order valence-corrected chi connectivity index (χ3v) is 13.2. The molecule has 5 aliphatic rings. The first kappa shape index (κ1) is 42.6. The lowest BCUT2D eigenvalue weighted by Crippen LogP contribution is -2.58. The van der Waals surface area contributed by atoms with Crippen molar-refractivity contribution in [3.05, 3.63) is 155 Å². The number of nitrogens with one attached hydrogen (secondary N) is 2. The number of nitrogens with two attached hydrogens (primary N) is 1. The molecule has 5 aromatic rings. The Kier molecular flexibility index (Phi) is 11.5. The number of primary amides is 1. The minimum Gasteiger partial charge on any atom is -0.491 e. The summed E-state index contributed by atoms with van der Waals surface area (Å²) in [7, 11) is 0. The number of esters is 1. The molecule has 10 rings (SSSR count). The molecule has 3 saturated heterocycles. The number of urea groups is 1. The van der Waals surface area contributed by atoms with Crippen molar-refractivity contribution in [1.82, 2.24) is 20.0 Å². The summed E-state index contributed by atoms with van der Waals surface area (Å²) in [4.78, 5) is 64.4. The predicted octanol–water partition coefficient (Wildman–Crippen LogP) is 4.42. The molecular weight excluding hydrogens is 841 g/mol. The summed E-state index contributed by atoms with van der Waals surface area (Å²) < 4.78 is 23.5. The smallest absolute Gasteiger partial charge is 0.324 e. The largest absolute Gasteiger partial charge is 0.491 e. The zero-order valence-electron chi connectivity index (χ0n) is 35.9. The number of carbonyl (C=O) groups excluding carboxylic acids is 4. The summed E-state index contributed by atoms with van der Waals surface area (Å²) >= 11 is 0. The Balaban J connectivity index is 1.13. The van der Waals surface area contributed by atoms with Gasteiger partial charge in [-0.25, -0.2) is 4.79 Å². The Hall–Kier alpha value is -7.38. The second kappa shape index (κ2) is 17.9. The molecule has 336 valence electrons. The first-order valence-corrected chi connectivity index (χ1v) is 22.0. The molecule has 0 radical (unpaired) electrons. The fourth-order valence-electron chi connectivity index (χ4n) is 10.5. The average molecular weight is 889 g/mol. The maximum atomic E-state index is 16.0. The van der Waals surface area contributed by atoms with E-state index in [0.717, 1.165) is 16.7 Å². The van der Waals surface area contributed by atoms with Gasteiger partial charge in [-0.15, -0.1) is 0 Å². The van der Waals surface area contributed by atoms with Crippen molar-refractivity contribution < 1.29 is 43.2 Å². The molecule has 0 aromatic heterocycles. The van der Waals surface area contributed by atoms with Gasteiger partial charge in [0.05, 0.1) is 31.2 Å². The van der Waals surface area contributed by atoms with Crippen LogP contribution >= 0.6 is 0 Å². The molecule has 0 aliphatic carbocycles. The number of carbonyl (C=O) groups is 4. The fraction of sp³-hybridized carbons (Fsp3) is 0.294. The van der Waals surface area contributed by atoms with E-state index in [0.29, 0.717) is 72.4 Å². The van der Waals surface area contributed by atoms with Gasteiger partial charge in [-0.1, -0.05) is 90.7 Å². The van der Waals surface area contributed by atoms with E-state index in [1.165, 1.54) is 0 Å². The van der Waals surface area contributed by atoms with Crippen molar-refractivity contribution in [2.45, 2.75) is 36.2 Å². The van der Waals surface area contributed by atoms with Gasteiger partial charge in [0.15, 0.2) is 11.5 Å². The van der Waals surface area contributed by atoms with Crippen LogP contribution in [0.3, 0.4) is 0 Å². The maximum Gasteiger partial charge on any atom is 0.324 e. The number of piperazine rings is 1. The molecule has 66 heavy (non-hydrogen) atoms. The van der Waals surface area contributed by atoms with Crippen molar-refractivity contribution in [2.24, 2.45) is 11.7 Å². The Labute approximate surface area is 381 Å². The summed E-state index contributed by atoms with van der Waals surface area (Å²) in [5.41, 5.74) is 8.42. The summed E-state index contributed by atoms with van der Waals surface area (Å²) in [5.74, 6) is 5.27. The van der Waals surface area contributed by atoms with E-state index in [9.17, 15) is 9.90 Å². The molecule has 0 saturated carbocycles. The third-order valence-electron chi connectivity index (χ3n) is 13.2. The number of rotatable bonds is 10. The van der Waals surface area contributed by atoms with Crippen LogP contribution in [0.25, 0.3) is 0 Å². The molecule has 6 unspecified atom stereocenters. The molecule has 5 N–H and O–H groups in total. The number of hydrogen-bond donors (Lipinski definition) is 4. The van der Waals surface area contributed by atoms with Gasteiger partial charge in [-0.3, -0.25) is 24.2 Å². The van der Waals surface area contributed by atoms with Crippen LogP contribution in [0.5, 0.6) is 17.2 Å². The second-order valence-electron chi connectivity index (χ2n) is 16.9. The maximum absolute atomic E-state index is 16.0. The highest BCUT2D eigenvalue weighted by Crippen LogP contribution is 2.65. The number of morpholine rings is 1. The summed E-state index contributed by atoms with van der Waals surface area (Å²) in [6.07, 6.45) is -0.823. The van der Waals surface area contributed by atoms with Crippen LogP contribution in [-0.2, 0) is 31.1 Å². The number of ether oxygens (including phenoxy) is 4. The fourth-order valence-corrected chi connectivity index (χ4v) is 10.5. The van der Waals surface area contributed by atoms with E-state index in [1.54, 1.807) is 29.2 Å². The first-order chi connectivity index (χ1) is 32.2. The van der Waals surface area contributed by atoms with Gasteiger partial charge in [0, 0.05) is 44.0 Å². The van der Waals surface area contributed by atoms with Crippen LogP contribution in [0.2, 0.25) is 0 Å². The molecule has 15 heteroatoms. The molecule has 15 nitrogen and oxygen atoms in total. The Morgan fingerprint density at radius 2 is 1.56 bits per heavy atom. The summed E-state index contributed by atoms with van der Waals surface area (Å²) in [6, 6.07) is 34.3. The predicted molar refractivity (Wildman–Crippen MR) is 241 cm³/mol. The Bertz CT molecular complexity index is 2720. The van der Waals surface area contributed by atoms with Crippen molar-refractivity contribution in [3.8, 4) is 29.1 Å². The number of amides is 4. The van der Waals surface area contributed by atoms with Gasteiger partial charge in [0.2, 0.25) is 18.6 Å². The van der Waals surface area contributed by atoms with E-state index < -0.39 is 53.5 Å². The number of benzene rings is 5. The van der Waals surface area contributed by atoms with Crippen molar-refractivity contribution in [2.75, 3.05) is 58.0 Å². The molecule has 5 aliphatic heterocycles. The second-order valence-corrected chi connectivity index (χ2v) is 16.9. The van der Waals surface area contributed by atoms with E-state index in [2.05, 4.69) is 32.3 Å². The lowest BCUT2D eigenvalue weighted by atomic mass is 9.65. The van der Waals surface area contributed by atoms with Crippen LogP contribution < -0.4 is 30.6 Å². The van der Waals surface area contributed by atoms with E-state index in [1.807, 2.05) is 97.1 Å². The van der Waals surface area contributed by atoms with E-state index in [-0.39, 0.29) is 32.5 Å². The zero-order chi connectivity index (χ0) is 45.4. The number of fused-ring (bicyclic) bond motifs is 4. The first-order valence-electron chi connectivity index (χ1n) is 22.0. The molecular formula is C51H48N6O9. The highest BCUT2D eigenvalue weighted by Gasteiger charge is 2.74. The van der Waals surface area contributed by atoms with Gasteiger partial charge in [-0.05, 0) is 70.3 Å². The molecule has 0 bridgehead atoms. The molecule has 6 atom stereocenters. The SMILES string of the molecule is NC(=O)NCC#Cc1ccc2c(c1)C1(C(=O)N2)C(C(=O)N2CCN(Cc3ccc4c(c3)OCO4)CC2)C2C(=O)OC(c3ccccc3)C(c3ccccc3)N2C1c1ccc(OCCO)cc1. The number of cyclic esters (lactones) is 1. The Morgan fingerprint density at radius 3 is 2.29 bits per heavy atom. The topological polar surface area (TPSA) is 185 Å². The number of aliphatic hydroxyl groups excluding tert-OH is 1. The quantitative estimate of drug-likeness (QED) is 0.115. The molecule has 5 aromatic carbocycles. The summed E-state index contributed by atoms with van der Waals surface area (Å²) in [6.45, 7) is 2.49. The van der Waals surface area contributed by atoms with Crippen LogP contribution in [0, 0.1) is 17.8 Å². The van der Waals surface area contributed by atoms with Gasteiger partial charge in [0.25, 0.3) is 0 Å². The van der Waals surface area contributed by atoms with Crippen LogP contribution in [0.15, 0.2) is 121 Å². The minimum absolute atomic E-state index is 0.00879. The number of aliphatic hydroxyl groups is 1. The summed E-state index contributed by atoms with van der Waals surface area (Å²) in [5, 5.41) is 15.2. The molecule has 3 fully saturated rings. The standard InChI is InChI=1S/C51H48N6O9/c52-50(62)53-21-7-8-32-13-19-39-38(28-32)51(49(61)54-39)42(47(59)56-24-22-55(23-25-56)30-33-14-20-40-41(29-33)65-31-64-40)44-48(60)66-45(35-11-5-2-6-12-35)43(34-9-3-1-4-10-34)57(44)46(51)36-15-17-37(18-16-36)63-27-26-58/h1-6,9-20,28-29,42-46,58H,21-27,30-31H2,(H,54,61)(H3,52,53,62). The van der Waals surface area contributed by atoms with Crippen LogP contribution in [-0.4, -0.2) is 102 Å². The molecule has 5 heterocycles. The van der Waals surface area contributed by atoms with Crippen molar-refractivity contribution in [3.63, 3.8) is 0 Å². The van der Waals surface area contributed by atoms with Crippen LogP contribution in [0.4, 0.5) is 10.5 Å². The minimum atomic E-state index is -1.71. The highest BCUT2D eigenvalue weighted by molar-refractivity contribution is 6.12. The number of nitrogens with zero attached hydrogens (tertiary/aromatic N) is 3. The number of anilines is 1. The van der Waals surface area contributed by atoms with Gasteiger partial charge < -0.3 is 45.3 Å². The lowest BCUT2D eigenvalue weighted by Gasteiger charge is -2.46. The van der Waals surface area contributed by atoms with Crippen molar-refractivity contribution in [1.29, 1.82) is 0 Å². The van der Waals surface area contributed by atoms with E-state index in [4.69, 9.17) is 24.7 Å². The monoisotopic (exact) mass is 888 g/mol. The normalized spacial score (nSPS) is 24.1. The lowest BCUT2D eigenvalue weighted by molar-refractivity contribution is -0.179.